The minimum Gasteiger partial charge on any atom is -0.496 e. The molecular formula is C18H25Cl2N3O. The van der Waals surface area contributed by atoms with Crippen molar-refractivity contribution in [3.8, 4) is 5.75 Å². The number of rotatable bonds is 5. The maximum atomic E-state index is 5.55. The first-order valence-corrected chi connectivity index (χ1v) is 7.85. The molecule has 0 bridgehead atoms. The highest BCUT2D eigenvalue weighted by Gasteiger charge is 2.25. The third-order valence-electron chi connectivity index (χ3n) is 4.26. The van der Waals surface area contributed by atoms with Crippen LogP contribution in [0.5, 0.6) is 5.75 Å². The second-order valence-electron chi connectivity index (χ2n) is 5.61. The van der Waals surface area contributed by atoms with Gasteiger partial charge in [-0.3, -0.25) is 9.88 Å². The molecule has 0 radical (unpaired) electrons. The summed E-state index contributed by atoms with van der Waals surface area (Å²) >= 11 is 0. The molecule has 2 aromatic rings. The van der Waals surface area contributed by atoms with Gasteiger partial charge in [0.1, 0.15) is 5.75 Å². The van der Waals surface area contributed by atoms with Crippen molar-refractivity contribution in [2.45, 2.75) is 12.5 Å². The third-order valence-corrected chi connectivity index (χ3v) is 4.26. The van der Waals surface area contributed by atoms with Gasteiger partial charge >= 0.3 is 0 Å². The average Bonchev–Trinajstić information content (AvgIpc) is 2.61. The number of methoxy groups -OCH3 is 1. The van der Waals surface area contributed by atoms with Gasteiger partial charge in [0.05, 0.1) is 13.2 Å². The van der Waals surface area contributed by atoms with Crippen molar-refractivity contribution in [1.82, 2.24) is 15.2 Å². The molecule has 1 aliphatic rings. The molecule has 4 nitrogen and oxygen atoms in total. The van der Waals surface area contributed by atoms with Gasteiger partial charge in [-0.15, -0.1) is 24.8 Å². The zero-order chi connectivity index (χ0) is 15.2. The minimum atomic E-state index is 0. The Hall–Kier alpha value is -1.33. The number of ether oxygens (including phenoxy) is 1. The molecule has 1 atom stereocenters. The Morgan fingerprint density at radius 1 is 1.21 bits per heavy atom. The van der Waals surface area contributed by atoms with Gasteiger partial charge in [0.25, 0.3) is 0 Å². The molecule has 3 rings (SSSR count). The van der Waals surface area contributed by atoms with Crippen LogP contribution in [-0.2, 0) is 6.42 Å². The Bertz CT molecular complexity index is 598. The van der Waals surface area contributed by atoms with Gasteiger partial charge in [-0.25, -0.2) is 0 Å². The van der Waals surface area contributed by atoms with Gasteiger partial charge in [-0.1, -0.05) is 24.3 Å². The summed E-state index contributed by atoms with van der Waals surface area (Å²) in [4.78, 5) is 6.75. The highest BCUT2D eigenvalue weighted by molar-refractivity contribution is 5.85. The number of benzene rings is 1. The van der Waals surface area contributed by atoms with Crippen LogP contribution in [0, 0.1) is 0 Å². The maximum absolute atomic E-state index is 5.55. The van der Waals surface area contributed by atoms with E-state index in [4.69, 9.17) is 4.74 Å². The smallest absolute Gasteiger partial charge is 0.123 e. The zero-order valence-electron chi connectivity index (χ0n) is 13.9. The Kier molecular flexibility index (Phi) is 9.08. The molecule has 0 aliphatic carbocycles. The molecular weight excluding hydrogens is 345 g/mol. The number of nitrogens with zero attached hydrogens (tertiary/aromatic N) is 2. The Morgan fingerprint density at radius 2 is 2.04 bits per heavy atom. The summed E-state index contributed by atoms with van der Waals surface area (Å²) in [6.45, 7) is 4.10. The fourth-order valence-electron chi connectivity index (χ4n) is 3.08. The fraction of sp³-hybridized carbons (Fsp3) is 0.389. The van der Waals surface area contributed by atoms with Gasteiger partial charge in [0, 0.05) is 44.1 Å². The van der Waals surface area contributed by atoms with E-state index in [1.165, 1.54) is 11.1 Å². The van der Waals surface area contributed by atoms with E-state index in [1.54, 1.807) is 7.11 Å². The second kappa shape index (κ2) is 10.5. The van der Waals surface area contributed by atoms with Crippen LogP contribution in [0.15, 0.2) is 48.8 Å². The van der Waals surface area contributed by atoms with E-state index in [1.807, 2.05) is 30.6 Å². The number of para-hydroxylation sites is 1. The van der Waals surface area contributed by atoms with Crippen molar-refractivity contribution in [3.05, 3.63) is 59.9 Å². The number of nitrogens with one attached hydrogen (secondary N) is 1. The monoisotopic (exact) mass is 369 g/mol. The maximum Gasteiger partial charge on any atom is 0.123 e. The van der Waals surface area contributed by atoms with Crippen LogP contribution >= 0.6 is 24.8 Å². The first-order chi connectivity index (χ1) is 10.9. The predicted molar refractivity (Wildman–Crippen MR) is 103 cm³/mol. The van der Waals surface area contributed by atoms with Crippen LogP contribution in [0.1, 0.15) is 17.2 Å². The van der Waals surface area contributed by atoms with Crippen molar-refractivity contribution >= 4 is 24.8 Å². The molecule has 0 saturated carbocycles. The quantitative estimate of drug-likeness (QED) is 0.878. The summed E-state index contributed by atoms with van der Waals surface area (Å²) in [5.74, 6) is 0.975. The third kappa shape index (κ3) is 5.08. The molecule has 6 heteroatoms. The summed E-state index contributed by atoms with van der Waals surface area (Å²) in [7, 11) is 1.75. The van der Waals surface area contributed by atoms with E-state index in [9.17, 15) is 0 Å². The molecule has 132 valence electrons. The lowest BCUT2D eigenvalue weighted by Gasteiger charge is -2.37. The predicted octanol–water partition coefficient (Wildman–Crippen LogP) is 3.12. The Balaban J connectivity index is 0.00000144. The van der Waals surface area contributed by atoms with Gasteiger partial charge < -0.3 is 10.1 Å². The molecule has 1 N–H and O–H groups in total. The van der Waals surface area contributed by atoms with Crippen LogP contribution in [0.3, 0.4) is 0 Å². The lowest BCUT2D eigenvalue weighted by Crippen LogP contribution is -2.46. The number of pyridine rings is 1. The SMILES string of the molecule is COc1ccccc1C1CNCCN1CCc1cccnc1.Cl.Cl. The van der Waals surface area contributed by atoms with Gasteiger partial charge in [-0.2, -0.15) is 0 Å². The van der Waals surface area contributed by atoms with E-state index < -0.39 is 0 Å². The molecule has 1 fully saturated rings. The van der Waals surface area contributed by atoms with Crippen LogP contribution in [0.4, 0.5) is 0 Å². The minimum absolute atomic E-state index is 0. The van der Waals surface area contributed by atoms with E-state index in [0.29, 0.717) is 6.04 Å². The summed E-state index contributed by atoms with van der Waals surface area (Å²) in [6.07, 6.45) is 4.81. The number of hydrogen-bond acceptors (Lipinski definition) is 4. The van der Waals surface area contributed by atoms with Crippen LogP contribution in [0.2, 0.25) is 0 Å². The molecule has 1 aromatic heterocycles. The molecule has 24 heavy (non-hydrogen) atoms. The van der Waals surface area contributed by atoms with Crippen molar-refractivity contribution < 1.29 is 4.74 Å². The van der Waals surface area contributed by atoms with E-state index in [0.717, 1.165) is 38.3 Å². The lowest BCUT2D eigenvalue weighted by atomic mass is 10.0. The standard InChI is InChI=1S/C18H23N3O.2ClH/c1-22-18-7-3-2-6-16(18)17-14-20-10-12-21(17)11-8-15-5-4-9-19-13-15;;/h2-7,9,13,17,20H,8,10-12,14H2,1H3;2*1H. The van der Waals surface area contributed by atoms with E-state index in [-0.39, 0.29) is 24.8 Å². The topological polar surface area (TPSA) is 37.4 Å². The van der Waals surface area contributed by atoms with Crippen LogP contribution < -0.4 is 10.1 Å². The van der Waals surface area contributed by atoms with Crippen molar-refractivity contribution in [3.63, 3.8) is 0 Å². The fourth-order valence-corrected chi connectivity index (χ4v) is 3.08. The largest absolute Gasteiger partial charge is 0.496 e. The Labute approximate surface area is 156 Å². The van der Waals surface area contributed by atoms with Crippen LogP contribution in [0.25, 0.3) is 0 Å². The normalized spacial score (nSPS) is 17.5. The molecule has 0 amide bonds. The average molecular weight is 370 g/mol. The second-order valence-corrected chi connectivity index (χ2v) is 5.61. The number of hydrogen-bond donors (Lipinski definition) is 1. The number of aromatic nitrogens is 1. The molecule has 1 aliphatic heterocycles. The van der Waals surface area contributed by atoms with Gasteiger partial charge in [0.15, 0.2) is 0 Å². The highest BCUT2D eigenvalue weighted by atomic mass is 35.5. The Morgan fingerprint density at radius 3 is 2.79 bits per heavy atom. The molecule has 2 heterocycles. The summed E-state index contributed by atoms with van der Waals surface area (Å²) in [6, 6.07) is 12.8. The molecule has 1 aromatic carbocycles. The first kappa shape index (κ1) is 20.7. The number of piperazine rings is 1. The van der Waals surface area contributed by atoms with E-state index in [2.05, 4.69) is 33.4 Å². The molecule has 1 unspecified atom stereocenters. The molecule has 1 saturated heterocycles. The molecule has 0 spiro atoms. The zero-order valence-corrected chi connectivity index (χ0v) is 15.5. The summed E-state index contributed by atoms with van der Waals surface area (Å²) in [5, 5.41) is 3.50. The van der Waals surface area contributed by atoms with Gasteiger partial charge in [-0.05, 0) is 24.1 Å². The number of halogens is 2. The van der Waals surface area contributed by atoms with Gasteiger partial charge in [0.2, 0.25) is 0 Å². The van der Waals surface area contributed by atoms with E-state index >= 15 is 0 Å². The van der Waals surface area contributed by atoms with Crippen molar-refractivity contribution in [1.29, 1.82) is 0 Å². The highest BCUT2D eigenvalue weighted by Crippen LogP contribution is 2.30. The van der Waals surface area contributed by atoms with Crippen LogP contribution in [-0.4, -0.2) is 43.2 Å². The summed E-state index contributed by atoms with van der Waals surface area (Å²) < 4.78 is 5.55. The van der Waals surface area contributed by atoms with Crippen molar-refractivity contribution in [2.75, 3.05) is 33.3 Å². The summed E-state index contributed by atoms with van der Waals surface area (Å²) in [5.41, 5.74) is 2.56. The lowest BCUT2D eigenvalue weighted by molar-refractivity contribution is 0.161. The first-order valence-electron chi connectivity index (χ1n) is 7.85. The van der Waals surface area contributed by atoms with Crippen molar-refractivity contribution in [2.24, 2.45) is 0 Å².